The van der Waals surface area contributed by atoms with Crippen molar-refractivity contribution >= 4 is 33.2 Å². The Hall–Kier alpha value is -3.65. The van der Waals surface area contributed by atoms with Crippen LogP contribution in [0.5, 0.6) is 11.5 Å². The summed E-state index contributed by atoms with van der Waals surface area (Å²) in [6.07, 6.45) is 8.08. The predicted octanol–water partition coefficient (Wildman–Crippen LogP) is 6.32. The number of hydrogen-bond acceptors (Lipinski definition) is 6. The van der Waals surface area contributed by atoms with E-state index >= 15 is 0 Å². The fourth-order valence-electron chi connectivity index (χ4n) is 4.68. The number of fused-ring (bicyclic) bond motifs is 1. The van der Waals surface area contributed by atoms with Gasteiger partial charge in [0.25, 0.3) is 0 Å². The number of pyridine rings is 2. The van der Waals surface area contributed by atoms with Crippen LogP contribution in [0.4, 0.5) is 4.39 Å². The van der Waals surface area contributed by atoms with E-state index in [1.807, 2.05) is 29.3 Å². The number of carbonyl (C=O) groups excluding carboxylic acids is 2. The molecule has 4 aromatic rings. The molecule has 1 aliphatic heterocycles. The topological polar surface area (TPSA) is 72.4 Å². The van der Waals surface area contributed by atoms with E-state index in [-0.39, 0.29) is 23.9 Å². The number of hydrogen-bond donors (Lipinski definition) is 0. The highest BCUT2D eigenvalue weighted by molar-refractivity contribution is 7.22. The molecule has 8 heteroatoms. The summed E-state index contributed by atoms with van der Waals surface area (Å²) in [7, 11) is 0. The summed E-state index contributed by atoms with van der Waals surface area (Å²) in [6, 6.07) is 12.3. The van der Waals surface area contributed by atoms with Crippen molar-refractivity contribution in [3.8, 4) is 22.1 Å². The number of aromatic nitrogens is 2. The number of rotatable bonds is 9. The summed E-state index contributed by atoms with van der Waals surface area (Å²) in [6.45, 7) is 1.38. The highest BCUT2D eigenvalue weighted by atomic mass is 32.1. The summed E-state index contributed by atoms with van der Waals surface area (Å²) in [4.78, 5) is 35.9. The molecule has 0 atom stereocenters. The summed E-state index contributed by atoms with van der Waals surface area (Å²) in [5, 5.41) is 0. The Morgan fingerprint density at radius 2 is 1.95 bits per heavy atom. The van der Waals surface area contributed by atoms with Crippen molar-refractivity contribution in [3.63, 3.8) is 0 Å². The van der Waals surface area contributed by atoms with Gasteiger partial charge in [-0.2, -0.15) is 0 Å². The monoisotopic (exact) mass is 515 g/mol. The Balaban J connectivity index is 1.18. The first-order valence-corrected chi connectivity index (χ1v) is 13.4. The van der Waals surface area contributed by atoms with E-state index in [2.05, 4.69) is 9.97 Å². The highest BCUT2D eigenvalue weighted by Crippen LogP contribution is 2.39. The minimum atomic E-state index is -0.493. The molecule has 1 aliphatic carbocycles. The van der Waals surface area contributed by atoms with E-state index in [4.69, 9.17) is 4.74 Å². The van der Waals surface area contributed by atoms with Crippen LogP contribution in [-0.4, -0.2) is 33.1 Å². The molecule has 3 aromatic heterocycles. The first-order valence-electron chi connectivity index (χ1n) is 12.6. The van der Waals surface area contributed by atoms with Gasteiger partial charge in [-0.15, -0.1) is 11.3 Å². The molecule has 6 nitrogen and oxygen atoms in total. The molecule has 37 heavy (non-hydrogen) atoms. The third-order valence-electron chi connectivity index (χ3n) is 6.83. The number of thiophene rings is 1. The van der Waals surface area contributed by atoms with Gasteiger partial charge in [0.15, 0.2) is 11.6 Å². The van der Waals surface area contributed by atoms with Gasteiger partial charge in [0.2, 0.25) is 5.91 Å². The molecule has 188 valence electrons. The molecule has 0 spiro atoms. The Morgan fingerprint density at radius 1 is 1.08 bits per heavy atom. The number of likely N-dealkylation sites (tertiary alicyclic amines) is 1. The lowest BCUT2D eigenvalue weighted by atomic mass is 10.0. The summed E-state index contributed by atoms with van der Waals surface area (Å²) >= 11 is 1.48. The van der Waals surface area contributed by atoms with Gasteiger partial charge in [-0.1, -0.05) is 12.1 Å². The third kappa shape index (κ3) is 5.39. The minimum absolute atomic E-state index is 0.111. The molecule has 4 heterocycles. The fourth-order valence-corrected chi connectivity index (χ4v) is 5.72. The molecule has 0 N–H and O–H groups in total. The van der Waals surface area contributed by atoms with Crippen molar-refractivity contribution in [1.82, 2.24) is 14.9 Å². The molecule has 6 rings (SSSR count). The van der Waals surface area contributed by atoms with E-state index in [1.165, 1.54) is 17.4 Å². The number of nitrogens with zero attached hydrogens (tertiary/aromatic N) is 3. The summed E-state index contributed by atoms with van der Waals surface area (Å²) < 4.78 is 21.6. The van der Waals surface area contributed by atoms with Gasteiger partial charge in [0.05, 0.1) is 20.8 Å². The first-order chi connectivity index (χ1) is 18.0. The van der Waals surface area contributed by atoms with Crippen molar-refractivity contribution in [2.45, 2.75) is 45.1 Å². The van der Waals surface area contributed by atoms with Crippen LogP contribution in [0.15, 0.2) is 54.9 Å². The van der Waals surface area contributed by atoms with Gasteiger partial charge in [-0.05, 0) is 60.6 Å². The van der Waals surface area contributed by atoms with Crippen LogP contribution in [0.2, 0.25) is 0 Å². The average molecular weight is 516 g/mol. The van der Waals surface area contributed by atoms with Crippen molar-refractivity contribution in [3.05, 3.63) is 71.8 Å². The fraction of sp³-hybridized carbons (Fsp3) is 0.310. The zero-order chi connectivity index (χ0) is 25.4. The molecule has 0 bridgehead atoms. The van der Waals surface area contributed by atoms with Gasteiger partial charge >= 0.3 is 0 Å². The molecular formula is C29H26FN3O3S. The standard InChI is InChI=1S/C29H26FN3O3S/c30-22-14-19(13-21(34)12-18-3-4-18)6-8-25(22)36-26-9-10-31-24-15-27(37-29(24)26)23-7-5-20(16-32-23)17-33-11-1-2-28(33)35/h5-10,14-16,18H,1-4,11-13,17H2. The lowest BCUT2D eigenvalue weighted by Crippen LogP contribution is -2.23. The van der Waals surface area contributed by atoms with E-state index in [0.29, 0.717) is 36.6 Å². The molecule has 1 saturated carbocycles. The molecule has 0 unspecified atom stereocenters. The van der Waals surface area contributed by atoms with Crippen molar-refractivity contribution in [1.29, 1.82) is 0 Å². The number of ketones is 1. The predicted molar refractivity (Wildman–Crippen MR) is 140 cm³/mol. The van der Waals surface area contributed by atoms with Crippen LogP contribution < -0.4 is 4.74 Å². The smallest absolute Gasteiger partial charge is 0.222 e. The van der Waals surface area contributed by atoms with Gasteiger partial charge < -0.3 is 9.64 Å². The number of amides is 1. The molecule has 2 aliphatic rings. The lowest BCUT2D eigenvalue weighted by molar-refractivity contribution is -0.128. The number of ether oxygens (including phenoxy) is 1. The molecule has 2 fully saturated rings. The Morgan fingerprint density at radius 3 is 2.68 bits per heavy atom. The second-order valence-corrected chi connectivity index (χ2v) is 10.9. The van der Waals surface area contributed by atoms with Crippen LogP contribution in [0.3, 0.4) is 0 Å². The van der Waals surface area contributed by atoms with Crippen LogP contribution in [-0.2, 0) is 22.6 Å². The quantitative estimate of drug-likeness (QED) is 0.261. The average Bonchev–Trinajstić information content (AvgIpc) is 3.43. The molecule has 1 saturated heterocycles. The number of Topliss-reactive ketones (excluding diaryl/α,β-unsaturated/α-hetero) is 1. The van der Waals surface area contributed by atoms with Gasteiger partial charge in [0, 0.05) is 50.8 Å². The molecule has 1 aromatic carbocycles. The maximum Gasteiger partial charge on any atom is 0.222 e. The van der Waals surface area contributed by atoms with E-state index in [0.717, 1.165) is 52.2 Å². The minimum Gasteiger partial charge on any atom is -0.453 e. The number of halogens is 1. The molecular weight excluding hydrogens is 489 g/mol. The van der Waals surface area contributed by atoms with Crippen LogP contribution in [0.25, 0.3) is 20.8 Å². The van der Waals surface area contributed by atoms with Crippen LogP contribution >= 0.6 is 11.3 Å². The number of carbonyl (C=O) groups is 2. The molecule has 0 radical (unpaired) electrons. The summed E-state index contributed by atoms with van der Waals surface area (Å²) in [5.41, 5.74) is 3.21. The van der Waals surface area contributed by atoms with Crippen LogP contribution in [0, 0.1) is 11.7 Å². The Bertz CT molecular complexity index is 1480. The second-order valence-electron chi connectivity index (χ2n) is 9.83. The van der Waals surface area contributed by atoms with Gasteiger partial charge in [-0.25, -0.2) is 4.39 Å². The van der Waals surface area contributed by atoms with Crippen molar-refractivity contribution in [2.24, 2.45) is 5.92 Å². The van der Waals surface area contributed by atoms with Gasteiger partial charge in [0.1, 0.15) is 11.5 Å². The normalized spacial score (nSPS) is 15.5. The number of benzene rings is 1. The Kier molecular flexibility index (Phi) is 6.42. The summed E-state index contributed by atoms with van der Waals surface area (Å²) in [5.74, 6) is 1.01. The Labute approximate surface area is 218 Å². The molecule has 1 amide bonds. The zero-order valence-corrected chi connectivity index (χ0v) is 21.1. The SMILES string of the molecule is O=C(Cc1ccc(Oc2ccnc3cc(-c4ccc(CN5CCCC5=O)cn4)sc23)c(F)c1)CC1CC1. The highest BCUT2D eigenvalue weighted by Gasteiger charge is 2.24. The first kappa shape index (κ1) is 23.7. The van der Waals surface area contributed by atoms with Gasteiger partial charge in [-0.3, -0.25) is 19.6 Å². The van der Waals surface area contributed by atoms with Crippen molar-refractivity contribution < 1.29 is 18.7 Å². The lowest BCUT2D eigenvalue weighted by Gasteiger charge is -2.15. The van der Waals surface area contributed by atoms with E-state index in [1.54, 1.807) is 24.4 Å². The third-order valence-corrected chi connectivity index (χ3v) is 7.99. The van der Waals surface area contributed by atoms with Crippen molar-refractivity contribution in [2.75, 3.05) is 6.54 Å². The zero-order valence-electron chi connectivity index (χ0n) is 20.3. The largest absolute Gasteiger partial charge is 0.453 e. The van der Waals surface area contributed by atoms with E-state index in [9.17, 15) is 14.0 Å². The maximum atomic E-state index is 14.9. The maximum absolute atomic E-state index is 14.9. The van der Waals surface area contributed by atoms with E-state index < -0.39 is 5.82 Å². The second kappa shape index (κ2) is 10.0. The van der Waals surface area contributed by atoms with Crippen LogP contribution in [0.1, 0.15) is 43.2 Å².